The standard InChI is InChI=1S/C14H19N3/c1-4-14-7-5-6-12(2)17(14)9-8-13-10-16(3)11-15-13/h10-11H,1-2,5-9H2,3H3. The number of piperidine rings is 1. The first-order valence-electron chi connectivity index (χ1n) is 6.02. The van der Waals surface area contributed by atoms with E-state index in [0.717, 1.165) is 37.9 Å². The number of hydrogen-bond acceptors (Lipinski definition) is 2. The fraction of sp³-hybridized carbons (Fsp3) is 0.429. The number of hydrogen-bond donors (Lipinski definition) is 0. The van der Waals surface area contributed by atoms with E-state index in [9.17, 15) is 0 Å². The van der Waals surface area contributed by atoms with E-state index in [-0.39, 0.29) is 0 Å². The van der Waals surface area contributed by atoms with Gasteiger partial charge in [-0.25, -0.2) is 4.98 Å². The Morgan fingerprint density at radius 1 is 1.47 bits per heavy atom. The van der Waals surface area contributed by atoms with Crippen molar-refractivity contribution in [3.8, 4) is 0 Å². The molecule has 2 heterocycles. The highest BCUT2D eigenvalue weighted by Crippen LogP contribution is 2.26. The molecule has 0 radical (unpaired) electrons. The minimum atomic E-state index is 0.924. The van der Waals surface area contributed by atoms with E-state index in [1.807, 2.05) is 17.9 Å². The third-order valence-electron chi connectivity index (χ3n) is 3.14. The van der Waals surface area contributed by atoms with Gasteiger partial charge in [0, 0.05) is 31.9 Å². The second kappa shape index (κ2) is 5.07. The van der Waals surface area contributed by atoms with Crippen molar-refractivity contribution < 1.29 is 0 Å². The summed E-state index contributed by atoms with van der Waals surface area (Å²) in [6.45, 7) is 8.81. The molecular formula is C14H19N3. The molecule has 3 nitrogen and oxygen atoms in total. The van der Waals surface area contributed by atoms with E-state index >= 15 is 0 Å². The van der Waals surface area contributed by atoms with Crippen LogP contribution in [0.1, 0.15) is 25.0 Å². The lowest BCUT2D eigenvalue weighted by molar-refractivity contribution is 0.363. The molecule has 0 aromatic carbocycles. The Kier molecular flexibility index (Phi) is 3.50. The molecule has 0 atom stereocenters. The molecule has 17 heavy (non-hydrogen) atoms. The molecule has 1 saturated heterocycles. The molecule has 2 rings (SSSR count). The van der Waals surface area contributed by atoms with Crippen LogP contribution in [0.4, 0.5) is 0 Å². The number of rotatable bonds is 3. The molecular weight excluding hydrogens is 210 g/mol. The molecule has 1 aliphatic rings. The maximum Gasteiger partial charge on any atom is 0.0946 e. The molecule has 0 N–H and O–H groups in total. The molecule has 1 aliphatic heterocycles. The van der Waals surface area contributed by atoms with Gasteiger partial charge >= 0.3 is 0 Å². The lowest BCUT2D eigenvalue weighted by atomic mass is 10.0. The van der Waals surface area contributed by atoms with Gasteiger partial charge in [0.15, 0.2) is 0 Å². The molecule has 1 aromatic heterocycles. The SMILES string of the molecule is C=C=C1CCCC(=C)N1CCc1cn(C)cn1. The Morgan fingerprint density at radius 3 is 2.94 bits per heavy atom. The fourth-order valence-corrected chi connectivity index (χ4v) is 2.22. The first kappa shape index (κ1) is 11.7. The van der Waals surface area contributed by atoms with Crippen molar-refractivity contribution in [3.05, 3.63) is 48.5 Å². The maximum atomic E-state index is 4.34. The van der Waals surface area contributed by atoms with Gasteiger partial charge in [-0.15, -0.1) is 5.73 Å². The van der Waals surface area contributed by atoms with Crippen LogP contribution >= 0.6 is 0 Å². The van der Waals surface area contributed by atoms with Crippen molar-refractivity contribution in [1.29, 1.82) is 0 Å². The van der Waals surface area contributed by atoms with Gasteiger partial charge in [0.2, 0.25) is 0 Å². The molecule has 1 aromatic rings. The van der Waals surface area contributed by atoms with Crippen LogP contribution in [0.5, 0.6) is 0 Å². The minimum absolute atomic E-state index is 0.924. The van der Waals surface area contributed by atoms with Crippen LogP contribution in [0.15, 0.2) is 42.8 Å². The number of aryl methyl sites for hydroxylation is 1. The zero-order chi connectivity index (χ0) is 12.3. The van der Waals surface area contributed by atoms with Gasteiger partial charge in [-0.1, -0.05) is 13.2 Å². The van der Waals surface area contributed by atoms with E-state index in [0.29, 0.717) is 0 Å². The molecule has 0 bridgehead atoms. The molecule has 0 saturated carbocycles. The molecule has 0 unspecified atom stereocenters. The van der Waals surface area contributed by atoms with E-state index in [1.165, 1.54) is 11.4 Å². The zero-order valence-corrected chi connectivity index (χ0v) is 10.4. The summed E-state index contributed by atoms with van der Waals surface area (Å²) in [4.78, 5) is 6.58. The summed E-state index contributed by atoms with van der Waals surface area (Å²) in [5, 5.41) is 0. The first-order chi connectivity index (χ1) is 8.20. The summed E-state index contributed by atoms with van der Waals surface area (Å²) >= 11 is 0. The second-order valence-electron chi connectivity index (χ2n) is 4.48. The minimum Gasteiger partial charge on any atom is -0.342 e. The van der Waals surface area contributed by atoms with Crippen LogP contribution in [0.2, 0.25) is 0 Å². The Hall–Kier alpha value is -1.73. The number of likely N-dealkylation sites (tertiary alicyclic amines) is 1. The third kappa shape index (κ3) is 2.69. The Balaban J connectivity index is 2.01. The zero-order valence-electron chi connectivity index (χ0n) is 10.4. The predicted octanol–water partition coefficient (Wildman–Crippen LogP) is 2.63. The van der Waals surface area contributed by atoms with E-state index in [1.54, 1.807) is 0 Å². The molecule has 0 spiro atoms. The highest BCUT2D eigenvalue weighted by Gasteiger charge is 2.17. The molecule has 90 valence electrons. The topological polar surface area (TPSA) is 21.1 Å². The molecule has 0 aliphatic carbocycles. The summed E-state index contributed by atoms with van der Waals surface area (Å²) < 4.78 is 1.98. The van der Waals surface area contributed by atoms with Crippen molar-refractivity contribution >= 4 is 0 Å². The van der Waals surface area contributed by atoms with Gasteiger partial charge in [0.1, 0.15) is 0 Å². The maximum absolute atomic E-state index is 4.34. The van der Waals surface area contributed by atoms with Crippen LogP contribution in [0, 0.1) is 0 Å². The van der Waals surface area contributed by atoms with Crippen molar-refractivity contribution in [3.63, 3.8) is 0 Å². The normalized spacial score (nSPS) is 16.2. The highest BCUT2D eigenvalue weighted by molar-refractivity contribution is 5.14. The van der Waals surface area contributed by atoms with Crippen LogP contribution in [0.25, 0.3) is 0 Å². The largest absolute Gasteiger partial charge is 0.342 e. The van der Waals surface area contributed by atoms with Crippen LogP contribution in [-0.2, 0) is 13.5 Å². The van der Waals surface area contributed by atoms with Crippen molar-refractivity contribution in [2.24, 2.45) is 7.05 Å². The fourth-order valence-electron chi connectivity index (χ4n) is 2.22. The Morgan fingerprint density at radius 2 is 2.29 bits per heavy atom. The first-order valence-corrected chi connectivity index (χ1v) is 6.02. The summed E-state index contributed by atoms with van der Waals surface area (Å²) in [5.41, 5.74) is 6.51. The van der Waals surface area contributed by atoms with Gasteiger partial charge in [-0.3, -0.25) is 0 Å². The van der Waals surface area contributed by atoms with E-state index in [2.05, 4.69) is 35.0 Å². The summed E-state index contributed by atoms with van der Waals surface area (Å²) in [7, 11) is 1.99. The lowest BCUT2D eigenvalue weighted by Gasteiger charge is -2.32. The lowest BCUT2D eigenvalue weighted by Crippen LogP contribution is -2.27. The predicted molar refractivity (Wildman–Crippen MR) is 69.3 cm³/mol. The number of imidazole rings is 1. The Labute approximate surface area is 103 Å². The van der Waals surface area contributed by atoms with Gasteiger partial charge in [0.25, 0.3) is 0 Å². The third-order valence-corrected chi connectivity index (χ3v) is 3.14. The van der Waals surface area contributed by atoms with Crippen LogP contribution < -0.4 is 0 Å². The van der Waals surface area contributed by atoms with E-state index < -0.39 is 0 Å². The van der Waals surface area contributed by atoms with Gasteiger partial charge in [-0.05, 0) is 19.3 Å². The Bertz CT molecular complexity index is 464. The quantitative estimate of drug-likeness (QED) is 0.743. The average molecular weight is 229 g/mol. The summed E-state index contributed by atoms with van der Waals surface area (Å²) in [6.07, 6.45) is 8.13. The van der Waals surface area contributed by atoms with E-state index in [4.69, 9.17) is 0 Å². The van der Waals surface area contributed by atoms with Crippen molar-refractivity contribution in [1.82, 2.24) is 14.5 Å². The molecule has 0 amide bonds. The van der Waals surface area contributed by atoms with Crippen LogP contribution in [-0.4, -0.2) is 21.0 Å². The van der Waals surface area contributed by atoms with Gasteiger partial charge < -0.3 is 9.47 Å². The highest BCUT2D eigenvalue weighted by atomic mass is 15.2. The van der Waals surface area contributed by atoms with Crippen LogP contribution in [0.3, 0.4) is 0 Å². The second-order valence-corrected chi connectivity index (χ2v) is 4.48. The van der Waals surface area contributed by atoms with Crippen molar-refractivity contribution in [2.45, 2.75) is 25.7 Å². The molecule has 1 fully saturated rings. The molecule has 3 heteroatoms. The van der Waals surface area contributed by atoms with Gasteiger partial charge in [-0.2, -0.15) is 0 Å². The monoisotopic (exact) mass is 229 g/mol. The number of aromatic nitrogens is 2. The van der Waals surface area contributed by atoms with Crippen molar-refractivity contribution in [2.75, 3.05) is 6.54 Å². The number of nitrogens with zero attached hydrogens (tertiary/aromatic N) is 3. The number of allylic oxidation sites excluding steroid dienone is 2. The van der Waals surface area contributed by atoms with Gasteiger partial charge in [0.05, 0.1) is 17.7 Å². The smallest absolute Gasteiger partial charge is 0.0946 e. The summed E-state index contributed by atoms with van der Waals surface area (Å²) in [6, 6.07) is 0. The summed E-state index contributed by atoms with van der Waals surface area (Å²) in [5.74, 6) is 0. The average Bonchev–Trinajstić information content (AvgIpc) is 2.73.